The van der Waals surface area contributed by atoms with Gasteiger partial charge in [0.25, 0.3) is 0 Å². The molecule has 0 fully saturated rings. The van der Waals surface area contributed by atoms with Crippen LogP contribution in [0.4, 0.5) is 0 Å². The molecule has 0 atom stereocenters. The molecule has 2 aromatic carbocycles. The molecule has 0 bridgehead atoms. The van der Waals surface area contributed by atoms with Gasteiger partial charge in [0.1, 0.15) is 10.1 Å². The zero-order chi connectivity index (χ0) is 17.5. The Morgan fingerprint density at radius 2 is 1.29 bits per heavy atom. The van der Waals surface area contributed by atoms with Crippen molar-refractivity contribution in [2.24, 2.45) is 0 Å². The summed E-state index contributed by atoms with van der Waals surface area (Å²) >= 11 is 0. The summed E-state index contributed by atoms with van der Waals surface area (Å²) in [5, 5.41) is 1.50. The Bertz CT molecular complexity index is 837. The van der Waals surface area contributed by atoms with E-state index in [2.05, 4.69) is 41.5 Å². The Hall–Kier alpha value is -0.390. The van der Waals surface area contributed by atoms with Crippen molar-refractivity contribution in [3.8, 4) is 0 Å². The first-order valence-corrected chi connectivity index (χ1v) is 9.51. The van der Waals surface area contributed by atoms with Crippen LogP contribution < -0.4 is 29.6 Å². The maximum absolute atomic E-state index is 11.7. The van der Waals surface area contributed by atoms with E-state index in [0.717, 1.165) is 16.5 Å². The summed E-state index contributed by atoms with van der Waals surface area (Å²) < 4.78 is 35.0. The summed E-state index contributed by atoms with van der Waals surface area (Å²) in [6.45, 7) is 12.7. The quantitative estimate of drug-likeness (QED) is 0.623. The van der Waals surface area contributed by atoms with Crippen molar-refractivity contribution >= 4 is 20.9 Å². The maximum Gasteiger partial charge on any atom is 1.00 e. The van der Waals surface area contributed by atoms with Crippen LogP contribution in [-0.2, 0) is 10.1 Å². The van der Waals surface area contributed by atoms with E-state index in [4.69, 9.17) is 0 Å². The van der Waals surface area contributed by atoms with Gasteiger partial charge in [-0.25, -0.2) is 8.42 Å². The summed E-state index contributed by atoms with van der Waals surface area (Å²) in [6, 6.07) is 7.03. The Balaban J connectivity index is 0.00000288. The van der Waals surface area contributed by atoms with Crippen LogP contribution in [0.15, 0.2) is 29.2 Å². The molecule has 0 aliphatic carbocycles. The summed E-state index contributed by atoms with van der Waals surface area (Å²) in [7, 11) is -4.50. The third-order valence-corrected chi connectivity index (χ3v) is 5.23. The third-order valence-electron chi connectivity index (χ3n) is 4.34. The van der Waals surface area contributed by atoms with Crippen LogP contribution in [0.1, 0.15) is 76.0 Å². The topological polar surface area (TPSA) is 57.2 Å². The van der Waals surface area contributed by atoms with Crippen molar-refractivity contribution < 1.29 is 42.5 Å². The van der Waals surface area contributed by atoms with Gasteiger partial charge < -0.3 is 4.55 Å². The minimum atomic E-state index is -4.50. The number of benzene rings is 2. The van der Waals surface area contributed by atoms with Gasteiger partial charge in [-0.2, -0.15) is 0 Å². The standard InChI is InChI=1S/C19H26O3S.Na/c1-11(2)14-7-8-16-17(23(20,21)22)10-9-15(12(3)4)19(16)18(14)13(5)6;/h7-13H,1-6H3,(H,20,21,22);/q;+1/p-1. The van der Waals surface area contributed by atoms with Gasteiger partial charge in [-0.15, -0.1) is 0 Å². The fraction of sp³-hybridized carbons (Fsp3) is 0.474. The molecule has 0 aromatic heterocycles. The molecule has 0 unspecified atom stereocenters. The van der Waals surface area contributed by atoms with E-state index in [1.807, 2.05) is 6.07 Å². The second-order valence-electron chi connectivity index (χ2n) is 7.06. The minimum absolute atomic E-state index is 0. The van der Waals surface area contributed by atoms with Crippen molar-refractivity contribution in [2.75, 3.05) is 0 Å². The van der Waals surface area contributed by atoms with Crippen LogP contribution in [0.3, 0.4) is 0 Å². The van der Waals surface area contributed by atoms with Gasteiger partial charge in [0.05, 0.1) is 4.90 Å². The molecule has 0 saturated carbocycles. The van der Waals surface area contributed by atoms with Crippen molar-refractivity contribution in [1.29, 1.82) is 0 Å². The van der Waals surface area contributed by atoms with Crippen LogP contribution >= 0.6 is 0 Å². The molecular formula is C19H25NaO3S. The Kier molecular flexibility index (Phi) is 7.11. The average Bonchev–Trinajstić information content (AvgIpc) is 2.42. The zero-order valence-electron chi connectivity index (χ0n) is 15.7. The van der Waals surface area contributed by atoms with Crippen LogP contribution in [0, 0.1) is 0 Å². The van der Waals surface area contributed by atoms with Gasteiger partial charge in [0.15, 0.2) is 0 Å². The predicted octanol–water partition coefficient (Wildman–Crippen LogP) is 2.12. The molecule has 0 N–H and O–H groups in total. The first kappa shape index (κ1) is 21.7. The summed E-state index contributed by atoms with van der Waals surface area (Å²) in [6.07, 6.45) is 0. The van der Waals surface area contributed by atoms with Gasteiger partial charge in [-0.1, -0.05) is 59.7 Å². The van der Waals surface area contributed by atoms with Crippen molar-refractivity contribution in [2.45, 2.75) is 64.2 Å². The third kappa shape index (κ3) is 4.05. The molecule has 126 valence electrons. The molecule has 0 spiro atoms. The molecule has 24 heavy (non-hydrogen) atoms. The monoisotopic (exact) mass is 356 g/mol. The molecule has 0 heterocycles. The SMILES string of the molecule is CC(C)c1ccc2c(S(=O)(=O)[O-])ccc(C(C)C)c2c1C(C)C.[Na+]. The molecule has 0 saturated heterocycles. The Morgan fingerprint density at radius 1 is 0.792 bits per heavy atom. The summed E-state index contributed by atoms with van der Waals surface area (Å²) in [4.78, 5) is -0.117. The molecular weight excluding hydrogens is 331 g/mol. The first-order valence-electron chi connectivity index (χ1n) is 8.11. The van der Waals surface area contributed by atoms with Crippen LogP contribution in [-0.4, -0.2) is 13.0 Å². The fourth-order valence-electron chi connectivity index (χ4n) is 3.32. The summed E-state index contributed by atoms with van der Waals surface area (Å²) in [5.41, 5.74) is 3.47. The van der Waals surface area contributed by atoms with Gasteiger partial charge in [0, 0.05) is 0 Å². The van der Waals surface area contributed by atoms with Crippen molar-refractivity contribution in [3.05, 3.63) is 41.0 Å². The molecule has 5 heteroatoms. The van der Waals surface area contributed by atoms with E-state index >= 15 is 0 Å². The van der Waals surface area contributed by atoms with Crippen LogP contribution in [0.25, 0.3) is 10.8 Å². The van der Waals surface area contributed by atoms with Crippen molar-refractivity contribution in [1.82, 2.24) is 0 Å². The Morgan fingerprint density at radius 3 is 1.71 bits per heavy atom. The number of hydrogen-bond donors (Lipinski definition) is 0. The van der Waals surface area contributed by atoms with Gasteiger partial charge >= 0.3 is 29.6 Å². The smallest absolute Gasteiger partial charge is 0.744 e. The maximum atomic E-state index is 11.7. The fourth-order valence-corrected chi connectivity index (χ4v) is 3.99. The van der Waals surface area contributed by atoms with Crippen molar-refractivity contribution in [3.63, 3.8) is 0 Å². The first-order chi connectivity index (χ1) is 10.6. The Labute approximate surface area is 167 Å². The largest absolute Gasteiger partial charge is 1.00 e. The van der Waals surface area contributed by atoms with E-state index in [1.165, 1.54) is 11.6 Å². The van der Waals surface area contributed by atoms with Crippen LogP contribution in [0.5, 0.6) is 0 Å². The van der Waals surface area contributed by atoms with E-state index in [-0.39, 0.29) is 46.3 Å². The number of hydrogen-bond acceptors (Lipinski definition) is 3. The average molecular weight is 356 g/mol. The number of fused-ring (bicyclic) bond motifs is 1. The molecule has 0 aliphatic heterocycles. The predicted molar refractivity (Wildman–Crippen MR) is 94.2 cm³/mol. The van der Waals surface area contributed by atoms with E-state index in [9.17, 15) is 13.0 Å². The van der Waals surface area contributed by atoms with E-state index in [1.54, 1.807) is 12.1 Å². The summed E-state index contributed by atoms with van der Waals surface area (Å²) in [5.74, 6) is 0.836. The molecule has 0 aliphatic rings. The van der Waals surface area contributed by atoms with Gasteiger partial charge in [-0.05, 0) is 51.3 Å². The molecule has 2 rings (SSSR count). The molecule has 0 radical (unpaired) electrons. The number of rotatable bonds is 4. The van der Waals surface area contributed by atoms with E-state index in [0.29, 0.717) is 11.3 Å². The van der Waals surface area contributed by atoms with Gasteiger partial charge in [-0.3, -0.25) is 0 Å². The molecule has 3 nitrogen and oxygen atoms in total. The van der Waals surface area contributed by atoms with Gasteiger partial charge in [0.2, 0.25) is 0 Å². The normalized spacial score (nSPS) is 12.2. The van der Waals surface area contributed by atoms with Crippen LogP contribution in [0.2, 0.25) is 0 Å². The van der Waals surface area contributed by atoms with E-state index < -0.39 is 10.1 Å². The minimum Gasteiger partial charge on any atom is -0.744 e. The second kappa shape index (κ2) is 7.88. The molecule has 2 aromatic rings. The zero-order valence-corrected chi connectivity index (χ0v) is 18.5. The molecule has 0 amide bonds. The second-order valence-corrected chi connectivity index (χ2v) is 8.41.